The highest BCUT2D eigenvalue weighted by molar-refractivity contribution is 5.41. The summed E-state index contributed by atoms with van der Waals surface area (Å²) in [5.41, 5.74) is 2.05. The first-order valence-electron chi connectivity index (χ1n) is 7.83. The minimum atomic E-state index is -0.327. The molecule has 0 saturated carbocycles. The van der Waals surface area contributed by atoms with Crippen molar-refractivity contribution in [2.45, 2.75) is 32.6 Å². The van der Waals surface area contributed by atoms with Gasteiger partial charge in [-0.05, 0) is 44.5 Å². The molecular formula is C16H22N2O4. The summed E-state index contributed by atoms with van der Waals surface area (Å²) in [7, 11) is 0. The topological polar surface area (TPSA) is 64.8 Å². The molecule has 0 amide bonds. The number of nitro groups is 1. The van der Waals surface area contributed by atoms with E-state index in [4.69, 9.17) is 9.47 Å². The molecule has 0 aromatic heterocycles. The monoisotopic (exact) mass is 306 g/mol. The lowest BCUT2D eigenvalue weighted by Crippen LogP contribution is -2.37. The van der Waals surface area contributed by atoms with Crippen molar-refractivity contribution in [1.82, 2.24) is 4.90 Å². The molecular weight excluding hydrogens is 284 g/mol. The van der Waals surface area contributed by atoms with E-state index in [2.05, 4.69) is 4.90 Å². The summed E-state index contributed by atoms with van der Waals surface area (Å²) in [5, 5.41) is 10.9. The number of benzene rings is 1. The summed E-state index contributed by atoms with van der Waals surface area (Å²) in [6, 6.07) is 5.39. The molecule has 2 aliphatic rings. The quantitative estimate of drug-likeness (QED) is 0.631. The van der Waals surface area contributed by atoms with Crippen molar-refractivity contribution in [1.29, 1.82) is 0 Å². The van der Waals surface area contributed by atoms with Gasteiger partial charge in [0.25, 0.3) is 5.69 Å². The predicted octanol–water partition coefficient (Wildman–Crippen LogP) is 2.49. The average Bonchev–Trinajstić information content (AvgIpc) is 3.02. The Bertz CT molecular complexity index is 535. The van der Waals surface area contributed by atoms with Crippen LogP contribution in [0.5, 0.6) is 0 Å². The Balaban J connectivity index is 1.54. The minimum Gasteiger partial charge on any atom is -0.350 e. The lowest BCUT2D eigenvalue weighted by Gasteiger charge is -2.33. The maximum Gasteiger partial charge on any atom is 0.272 e. The number of hydrogen-bond acceptors (Lipinski definition) is 5. The van der Waals surface area contributed by atoms with Crippen LogP contribution in [0, 0.1) is 23.0 Å². The van der Waals surface area contributed by atoms with Crippen LogP contribution in [0.3, 0.4) is 0 Å². The summed E-state index contributed by atoms with van der Waals surface area (Å²) in [6.07, 6.45) is 2.15. The number of piperidine rings is 1. The number of nitro benzene ring substituents is 1. The fourth-order valence-corrected chi connectivity index (χ4v) is 3.31. The number of nitrogens with zero attached hydrogens (tertiary/aromatic N) is 2. The highest BCUT2D eigenvalue weighted by Crippen LogP contribution is 2.27. The van der Waals surface area contributed by atoms with Gasteiger partial charge in [0.2, 0.25) is 0 Å². The van der Waals surface area contributed by atoms with E-state index in [-0.39, 0.29) is 16.9 Å². The molecule has 2 aliphatic heterocycles. The van der Waals surface area contributed by atoms with Crippen molar-refractivity contribution < 1.29 is 14.4 Å². The summed E-state index contributed by atoms with van der Waals surface area (Å²) in [6.45, 7) is 6.11. The van der Waals surface area contributed by atoms with Crippen molar-refractivity contribution in [2.24, 2.45) is 5.92 Å². The molecule has 0 aliphatic carbocycles. The zero-order valence-corrected chi connectivity index (χ0v) is 12.9. The number of likely N-dealkylation sites (tertiary alicyclic amines) is 1. The first kappa shape index (κ1) is 15.4. The zero-order chi connectivity index (χ0) is 15.5. The van der Waals surface area contributed by atoms with Crippen molar-refractivity contribution in [3.05, 3.63) is 39.4 Å². The van der Waals surface area contributed by atoms with Gasteiger partial charge in [0.15, 0.2) is 6.29 Å². The van der Waals surface area contributed by atoms with Crippen LogP contribution in [0.4, 0.5) is 5.69 Å². The largest absolute Gasteiger partial charge is 0.350 e. The Kier molecular flexibility index (Phi) is 4.71. The maximum absolute atomic E-state index is 10.9. The first-order chi connectivity index (χ1) is 10.6. The molecule has 2 heterocycles. The third-order valence-corrected chi connectivity index (χ3v) is 4.53. The average molecular weight is 306 g/mol. The Labute approximate surface area is 130 Å². The lowest BCUT2D eigenvalue weighted by molar-refractivity contribution is -0.385. The van der Waals surface area contributed by atoms with Crippen molar-refractivity contribution in [3.63, 3.8) is 0 Å². The predicted molar refractivity (Wildman–Crippen MR) is 81.5 cm³/mol. The Morgan fingerprint density at radius 2 is 1.95 bits per heavy atom. The molecule has 1 aromatic carbocycles. The number of ether oxygens (including phenoxy) is 2. The first-order valence-corrected chi connectivity index (χ1v) is 7.83. The second-order valence-electron chi connectivity index (χ2n) is 6.10. The SMILES string of the molecule is Cc1cc(CN2CCC(C3OCCO3)CC2)ccc1[N+](=O)[O-]. The van der Waals surface area contributed by atoms with E-state index >= 15 is 0 Å². The standard InChI is InChI=1S/C16H22N2O4/c1-12-10-13(2-3-15(12)18(19)20)11-17-6-4-14(5-7-17)16-21-8-9-22-16/h2-3,10,14,16H,4-9,11H2,1H3. The van der Waals surface area contributed by atoms with Gasteiger partial charge in [-0.25, -0.2) is 0 Å². The van der Waals surface area contributed by atoms with Crippen LogP contribution in [0.15, 0.2) is 18.2 Å². The van der Waals surface area contributed by atoms with E-state index in [1.807, 2.05) is 12.1 Å². The molecule has 120 valence electrons. The van der Waals surface area contributed by atoms with Gasteiger partial charge in [0, 0.05) is 24.1 Å². The third-order valence-electron chi connectivity index (χ3n) is 4.53. The van der Waals surface area contributed by atoms with Crippen LogP contribution < -0.4 is 0 Å². The van der Waals surface area contributed by atoms with Gasteiger partial charge in [-0.15, -0.1) is 0 Å². The Morgan fingerprint density at radius 3 is 2.55 bits per heavy atom. The van der Waals surface area contributed by atoms with Gasteiger partial charge < -0.3 is 9.47 Å². The molecule has 6 heteroatoms. The molecule has 0 N–H and O–H groups in total. The second-order valence-corrected chi connectivity index (χ2v) is 6.10. The van der Waals surface area contributed by atoms with Gasteiger partial charge in [-0.3, -0.25) is 15.0 Å². The van der Waals surface area contributed by atoms with E-state index in [1.54, 1.807) is 13.0 Å². The third kappa shape index (κ3) is 3.45. The summed E-state index contributed by atoms with van der Waals surface area (Å²) in [4.78, 5) is 12.9. The fourth-order valence-electron chi connectivity index (χ4n) is 3.31. The number of hydrogen-bond donors (Lipinski definition) is 0. The Morgan fingerprint density at radius 1 is 1.27 bits per heavy atom. The summed E-state index contributed by atoms with van der Waals surface area (Å²) >= 11 is 0. The molecule has 0 spiro atoms. The van der Waals surface area contributed by atoms with E-state index in [1.165, 1.54) is 0 Å². The van der Waals surface area contributed by atoms with Crippen LogP contribution in [0.25, 0.3) is 0 Å². The Hall–Kier alpha value is -1.50. The van der Waals surface area contributed by atoms with Crippen LogP contribution >= 0.6 is 0 Å². The normalized spacial score (nSPS) is 21.3. The van der Waals surface area contributed by atoms with Gasteiger partial charge in [0.05, 0.1) is 18.1 Å². The summed E-state index contributed by atoms with van der Waals surface area (Å²) in [5.74, 6) is 0.498. The van der Waals surface area contributed by atoms with E-state index in [9.17, 15) is 10.1 Å². The van der Waals surface area contributed by atoms with Gasteiger partial charge in [-0.2, -0.15) is 0 Å². The lowest BCUT2D eigenvalue weighted by atomic mass is 9.95. The van der Waals surface area contributed by atoms with Gasteiger partial charge >= 0.3 is 0 Å². The molecule has 0 radical (unpaired) electrons. The zero-order valence-electron chi connectivity index (χ0n) is 12.9. The molecule has 22 heavy (non-hydrogen) atoms. The van der Waals surface area contributed by atoms with E-state index in [0.717, 1.165) is 43.6 Å². The molecule has 6 nitrogen and oxygen atoms in total. The highest BCUT2D eigenvalue weighted by atomic mass is 16.7. The van der Waals surface area contributed by atoms with Crippen LogP contribution in [0.1, 0.15) is 24.0 Å². The molecule has 0 unspecified atom stereocenters. The van der Waals surface area contributed by atoms with Crippen molar-refractivity contribution in [2.75, 3.05) is 26.3 Å². The minimum absolute atomic E-state index is 0.0104. The van der Waals surface area contributed by atoms with Crippen molar-refractivity contribution >= 4 is 5.69 Å². The van der Waals surface area contributed by atoms with E-state index < -0.39 is 0 Å². The molecule has 0 bridgehead atoms. The molecule has 2 saturated heterocycles. The molecule has 3 rings (SSSR count). The van der Waals surface area contributed by atoms with Gasteiger partial charge in [0.1, 0.15) is 0 Å². The molecule has 2 fully saturated rings. The number of aryl methyl sites for hydroxylation is 1. The van der Waals surface area contributed by atoms with Crippen LogP contribution in [-0.4, -0.2) is 42.4 Å². The van der Waals surface area contributed by atoms with E-state index in [0.29, 0.717) is 19.1 Å². The molecule has 1 aromatic rings. The summed E-state index contributed by atoms with van der Waals surface area (Å²) < 4.78 is 11.2. The number of rotatable bonds is 4. The second kappa shape index (κ2) is 6.73. The van der Waals surface area contributed by atoms with Crippen LogP contribution in [0.2, 0.25) is 0 Å². The fraction of sp³-hybridized carbons (Fsp3) is 0.625. The smallest absolute Gasteiger partial charge is 0.272 e. The maximum atomic E-state index is 10.9. The van der Waals surface area contributed by atoms with Crippen LogP contribution in [-0.2, 0) is 16.0 Å². The highest BCUT2D eigenvalue weighted by Gasteiger charge is 2.30. The van der Waals surface area contributed by atoms with Gasteiger partial charge in [-0.1, -0.05) is 6.07 Å². The molecule has 0 atom stereocenters. The van der Waals surface area contributed by atoms with Crippen molar-refractivity contribution in [3.8, 4) is 0 Å².